The lowest BCUT2D eigenvalue weighted by molar-refractivity contribution is -0.126. The number of hydrogen-bond donors (Lipinski definition) is 1. The molecule has 4 nitrogen and oxygen atoms in total. The first kappa shape index (κ1) is 8.49. The largest absolute Gasteiger partial charge is 0.363 e. The molecule has 1 N–H and O–H groups in total. The quantitative estimate of drug-likeness (QED) is 0.633. The van der Waals surface area contributed by atoms with E-state index in [9.17, 15) is 4.79 Å². The van der Waals surface area contributed by atoms with Crippen molar-refractivity contribution in [2.75, 3.05) is 19.9 Å². The molecule has 0 aliphatic carbocycles. The summed E-state index contributed by atoms with van der Waals surface area (Å²) in [6, 6.07) is 0. The van der Waals surface area contributed by atoms with Crippen molar-refractivity contribution < 1.29 is 9.53 Å². The van der Waals surface area contributed by atoms with Crippen molar-refractivity contribution in [2.24, 2.45) is 0 Å². The molecule has 1 amide bonds. The van der Waals surface area contributed by atoms with E-state index in [4.69, 9.17) is 4.74 Å². The maximum absolute atomic E-state index is 11.0. The lowest BCUT2D eigenvalue weighted by Crippen LogP contribution is -2.40. The molecular weight excluding hydrogens is 144 g/mol. The van der Waals surface area contributed by atoms with Crippen LogP contribution >= 0.6 is 0 Å². The van der Waals surface area contributed by atoms with Gasteiger partial charge in [-0.2, -0.15) is 5.01 Å². The predicted molar refractivity (Wildman–Crippen MR) is 40.6 cm³/mol. The van der Waals surface area contributed by atoms with E-state index in [1.54, 1.807) is 5.01 Å². The van der Waals surface area contributed by atoms with Gasteiger partial charge in [0.05, 0.1) is 6.61 Å². The molecule has 1 saturated heterocycles. The van der Waals surface area contributed by atoms with Crippen LogP contribution in [0.5, 0.6) is 0 Å². The fourth-order valence-corrected chi connectivity index (χ4v) is 0.962. The lowest BCUT2D eigenvalue weighted by atomic mass is 10.3. The Morgan fingerprint density at radius 3 is 3.09 bits per heavy atom. The second-order valence-corrected chi connectivity index (χ2v) is 2.59. The Morgan fingerprint density at radius 1 is 1.73 bits per heavy atom. The molecule has 1 heterocycles. The third kappa shape index (κ3) is 2.86. The summed E-state index contributed by atoms with van der Waals surface area (Å²) in [5.74, 6) is 0.0815. The number of carbonyl (C=O) groups is 1. The molecule has 0 atom stereocenters. The highest BCUT2D eigenvalue weighted by Gasteiger charge is 2.13. The van der Waals surface area contributed by atoms with Gasteiger partial charge in [0, 0.05) is 13.0 Å². The average Bonchev–Trinajstić information content (AvgIpc) is 2.40. The molecule has 0 aromatic carbocycles. The fraction of sp³-hybridized carbons (Fsp3) is 0.857. The maximum atomic E-state index is 11.0. The van der Waals surface area contributed by atoms with Gasteiger partial charge < -0.3 is 4.74 Å². The number of nitrogens with one attached hydrogen (secondary N) is 1. The highest BCUT2D eigenvalue weighted by atomic mass is 16.5. The molecule has 4 heteroatoms. The smallest absolute Gasteiger partial charge is 0.234 e. The van der Waals surface area contributed by atoms with E-state index in [0.29, 0.717) is 19.8 Å². The summed E-state index contributed by atoms with van der Waals surface area (Å²) in [4.78, 5) is 11.0. The number of carbonyl (C=O) groups excluding carboxylic acids is 1. The fourth-order valence-electron chi connectivity index (χ4n) is 0.962. The number of amides is 1. The van der Waals surface area contributed by atoms with Crippen molar-refractivity contribution >= 4 is 5.91 Å². The van der Waals surface area contributed by atoms with E-state index in [1.165, 1.54) is 0 Å². The summed E-state index contributed by atoms with van der Waals surface area (Å²) in [6.45, 7) is 4.03. The van der Waals surface area contributed by atoms with Crippen molar-refractivity contribution in [2.45, 2.75) is 19.8 Å². The highest BCUT2D eigenvalue weighted by Crippen LogP contribution is 1.95. The molecule has 64 valence electrons. The molecular formula is C7H14N2O2. The molecule has 0 radical (unpaired) electrons. The van der Waals surface area contributed by atoms with E-state index in [1.807, 2.05) is 6.92 Å². The predicted octanol–water partition coefficient (Wildman–Crippen LogP) is 0.107. The van der Waals surface area contributed by atoms with E-state index < -0.39 is 0 Å². The average molecular weight is 158 g/mol. The summed E-state index contributed by atoms with van der Waals surface area (Å²) in [5.41, 5.74) is 2.75. The van der Waals surface area contributed by atoms with Gasteiger partial charge in [-0.25, -0.2) is 0 Å². The molecule has 1 fully saturated rings. The first-order valence-electron chi connectivity index (χ1n) is 3.95. The SMILES string of the molecule is CCCC(=O)NN1CCOC1. The van der Waals surface area contributed by atoms with E-state index in [2.05, 4.69) is 5.43 Å². The van der Waals surface area contributed by atoms with Gasteiger partial charge in [0.1, 0.15) is 6.73 Å². The minimum absolute atomic E-state index is 0.0815. The van der Waals surface area contributed by atoms with Crippen LogP contribution < -0.4 is 5.43 Å². The van der Waals surface area contributed by atoms with E-state index >= 15 is 0 Å². The zero-order valence-corrected chi connectivity index (χ0v) is 6.80. The third-order valence-corrected chi connectivity index (χ3v) is 1.51. The molecule has 0 bridgehead atoms. The zero-order valence-electron chi connectivity index (χ0n) is 6.80. The normalized spacial score (nSPS) is 18.6. The number of hydrogen-bond acceptors (Lipinski definition) is 3. The van der Waals surface area contributed by atoms with Gasteiger partial charge in [0.2, 0.25) is 5.91 Å². The van der Waals surface area contributed by atoms with Gasteiger partial charge >= 0.3 is 0 Å². The van der Waals surface area contributed by atoms with Crippen LogP contribution in [0, 0.1) is 0 Å². The van der Waals surface area contributed by atoms with Crippen LogP contribution in [0.1, 0.15) is 19.8 Å². The topological polar surface area (TPSA) is 41.6 Å². The van der Waals surface area contributed by atoms with Crippen molar-refractivity contribution in [3.63, 3.8) is 0 Å². The summed E-state index contributed by atoms with van der Waals surface area (Å²) >= 11 is 0. The number of rotatable bonds is 3. The molecule has 0 unspecified atom stereocenters. The monoisotopic (exact) mass is 158 g/mol. The second kappa shape index (κ2) is 4.31. The van der Waals surface area contributed by atoms with Crippen LogP contribution in [0.3, 0.4) is 0 Å². The van der Waals surface area contributed by atoms with Crippen molar-refractivity contribution in [3.05, 3.63) is 0 Å². The van der Waals surface area contributed by atoms with Crippen molar-refractivity contribution in [1.29, 1.82) is 0 Å². The summed E-state index contributed by atoms with van der Waals surface area (Å²) in [5, 5.41) is 1.79. The first-order valence-corrected chi connectivity index (χ1v) is 3.95. The summed E-state index contributed by atoms with van der Waals surface area (Å²) in [7, 11) is 0. The molecule has 0 aromatic rings. The molecule has 1 aliphatic rings. The van der Waals surface area contributed by atoms with E-state index in [0.717, 1.165) is 13.0 Å². The molecule has 11 heavy (non-hydrogen) atoms. The number of hydrazine groups is 1. The number of ether oxygens (including phenoxy) is 1. The Morgan fingerprint density at radius 2 is 2.55 bits per heavy atom. The van der Waals surface area contributed by atoms with Crippen LogP contribution in [0.25, 0.3) is 0 Å². The highest BCUT2D eigenvalue weighted by molar-refractivity contribution is 5.75. The van der Waals surface area contributed by atoms with Crippen molar-refractivity contribution in [1.82, 2.24) is 10.4 Å². The Hall–Kier alpha value is -0.610. The Bertz CT molecular complexity index is 132. The van der Waals surface area contributed by atoms with Crippen LogP contribution in [0.4, 0.5) is 0 Å². The maximum Gasteiger partial charge on any atom is 0.234 e. The van der Waals surface area contributed by atoms with Gasteiger partial charge in [-0.15, -0.1) is 0 Å². The molecule has 1 rings (SSSR count). The number of nitrogens with zero attached hydrogens (tertiary/aromatic N) is 1. The second-order valence-electron chi connectivity index (χ2n) is 2.59. The molecule has 0 aromatic heterocycles. The lowest BCUT2D eigenvalue weighted by Gasteiger charge is -2.13. The van der Waals surface area contributed by atoms with Gasteiger partial charge in [-0.3, -0.25) is 10.2 Å². The van der Waals surface area contributed by atoms with Crippen LogP contribution in [-0.4, -0.2) is 30.8 Å². The Labute approximate surface area is 66.5 Å². The summed E-state index contributed by atoms with van der Waals surface area (Å²) in [6.07, 6.45) is 1.48. The summed E-state index contributed by atoms with van der Waals surface area (Å²) < 4.78 is 5.05. The van der Waals surface area contributed by atoms with Gasteiger partial charge in [0.15, 0.2) is 0 Å². The zero-order chi connectivity index (χ0) is 8.10. The molecule has 0 spiro atoms. The van der Waals surface area contributed by atoms with Gasteiger partial charge in [-0.05, 0) is 6.42 Å². The van der Waals surface area contributed by atoms with Crippen LogP contribution in [0.2, 0.25) is 0 Å². The molecule has 0 saturated carbocycles. The van der Waals surface area contributed by atoms with Crippen LogP contribution in [-0.2, 0) is 9.53 Å². The Balaban J connectivity index is 2.13. The molecule has 1 aliphatic heterocycles. The van der Waals surface area contributed by atoms with Gasteiger partial charge in [0.25, 0.3) is 0 Å². The standard InChI is InChI=1S/C7H14N2O2/c1-2-3-7(10)8-9-4-5-11-6-9/h2-6H2,1H3,(H,8,10). The minimum atomic E-state index is 0.0815. The van der Waals surface area contributed by atoms with Gasteiger partial charge in [-0.1, -0.05) is 6.92 Å². The van der Waals surface area contributed by atoms with Crippen molar-refractivity contribution in [3.8, 4) is 0 Å². The first-order chi connectivity index (χ1) is 5.33. The minimum Gasteiger partial charge on any atom is -0.363 e. The van der Waals surface area contributed by atoms with Crippen LogP contribution in [0.15, 0.2) is 0 Å². The third-order valence-electron chi connectivity index (χ3n) is 1.51. The van der Waals surface area contributed by atoms with E-state index in [-0.39, 0.29) is 5.91 Å². The Kier molecular flexibility index (Phi) is 3.32.